The SMILES string of the molecule is CC(=O)N(CCNC(=O)Cc1ccccc1)c1ccc(Cl)cc1C(F)(F)F. The molecule has 0 aliphatic carbocycles. The highest BCUT2D eigenvalue weighted by Crippen LogP contribution is 2.38. The number of nitrogens with zero attached hydrogens (tertiary/aromatic N) is 1. The molecular formula is C19H18ClF3N2O2. The van der Waals surface area contributed by atoms with Crippen molar-refractivity contribution < 1.29 is 22.8 Å². The number of carbonyl (C=O) groups excluding carboxylic acids is 2. The quantitative estimate of drug-likeness (QED) is 0.797. The van der Waals surface area contributed by atoms with Crippen molar-refractivity contribution >= 4 is 29.1 Å². The number of anilines is 1. The van der Waals surface area contributed by atoms with Crippen LogP contribution in [-0.4, -0.2) is 24.9 Å². The fourth-order valence-corrected chi connectivity index (χ4v) is 2.74. The Hall–Kier alpha value is -2.54. The lowest BCUT2D eigenvalue weighted by Crippen LogP contribution is -2.39. The number of benzene rings is 2. The summed E-state index contributed by atoms with van der Waals surface area (Å²) < 4.78 is 39.8. The Morgan fingerprint density at radius 3 is 2.37 bits per heavy atom. The second kappa shape index (κ2) is 8.90. The maximum atomic E-state index is 13.3. The Balaban J connectivity index is 2.07. The molecule has 0 bridgehead atoms. The molecule has 0 saturated heterocycles. The van der Waals surface area contributed by atoms with Crippen LogP contribution in [0.15, 0.2) is 48.5 Å². The predicted molar refractivity (Wildman–Crippen MR) is 97.6 cm³/mol. The molecule has 0 aromatic heterocycles. The van der Waals surface area contributed by atoms with Crippen LogP contribution in [0.4, 0.5) is 18.9 Å². The van der Waals surface area contributed by atoms with Crippen LogP contribution in [0.2, 0.25) is 5.02 Å². The van der Waals surface area contributed by atoms with Gasteiger partial charge in [-0.1, -0.05) is 41.9 Å². The lowest BCUT2D eigenvalue weighted by Gasteiger charge is -2.25. The lowest BCUT2D eigenvalue weighted by molar-refractivity contribution is -0.137. The van der Waals surface area contributed by atoms with Gasteiger partial charge in [-0.25, -0.2) is 0 Å². The van der Waals surface area contributed by atoms with E-state index >= 15 is 0 Å². The second-order valence-corrected chi connectivity index (χ2v) is 6.28. The number of alkyl halides is 3. The van der Waals surface area contributed by atoms with Gasteiger partial charge in [0, 0.05) is 25.0 Å². The van der Waals surface area contributed by atoms with Gasteiger partial charge >= 0.3 is 6.18 Å². The summed E-state index contributed by atoms with van der Waals surface area (Å²) in [6.45, 7) is 1.09. The summed E-state index contributed by atoms with van der Waals surface area (Å²) >= 11 is 5.67. The molecule has 0 heterocycles. The Kier molecular flexibility index (Phi) is 6.85. The fourth-order valence-electron chi connectivity index (χ4n) is 2.57. The molecule has 1 N–H and O–H groups in total. The Morgan fingerprint density at radius 2 is 1.78 bits per heavy atom. The third kappa shape index (κ3) is 5.99. The number of hydrogen-bond donors (Lipinski definition) is 1. The maximum absolute atomic E-state index is 13.3. The summed E-state index contributed by atoms with van der Waals surface area (Å²) in [7, 11) is 0. The maximum Gasteiger partial charge on any atom is 0.418 e. The van der Waals surface area contributed by atoms with E-state index in [9.17, 15) is 22.8 Å². The van der Waals surface area contributed by atoms with Gasteiger partial charge in [0.1, 0.15) is 0 Å². The first-order valence-corrected chi connectivity index (χ1v) is 8.51. The van der Waals surface area contributed by atoms with Crippen molar-refractivity contribution in [1.82, 2.24) is 5.32 Å². The molecule has 0 fully saturated rings. The Bertz CT molecular complexity index is 810. The van der Waals surface area contributed by atoms with E-state index in [4.69, 9.17) is 11.6 Å². The monoisotopic (exact) mass is 398 g/mol. The first-order chi connectivity index (χ1) is 12.7. The van der Waals surface area contributed by atoms with Gasteiger partial charge in [0.2, 0.25) is 11.8 Å². The van der Waals surface area contributed by atoms with E-state index < -0.39 is 17.6 Å². The minimum absolute atomic E-state index is 0.0190. The van der Waals surface area contributed by atoms with Crippen LogP contribution in [0.5, 0.6) is 0 Å². The van der Waals surface area contributed by atoms with Gasteiger partial charge < -0.3 is 10.2 Å². The molecular weight excluding hydrogens is 381 g/mol. The molecule has 0 aliphatic rings. The number of rotatable bonds is 6. The number of hydrogen-bond acceptors (Lipinski definition) is 2. The molecule has 0 spiro atoms. The van der Waals surface area contributed by atoms with Crippen LogP contribution in [0.25, 0.3) is 0 Å². The smallest absolute Gasteiger partial charge is 0.354 e. The first kappa shape index (κ1) is 20.8. The molecule has 2 rings (SSSR count). The Morgan fingerprint density at radius 1 is 1.11 bits per heavy atom. The number of carbonyl (C=O) groups is 2. The van der Waals surface area contributed by atoms with Gasteiger partial charge in [-0.15, -0.1) is 0 Å². The van der Waals surface area contributed by atoms with Gasteiger partial charge in [-0.3, -0.25) is 9.59 Å². The van der Waals surface area contributed by atoms with Crippen molar-refractivity contribution in [3.8, 4) is 0 Å². The van der Waals surface area contributed by atoms with Crippen molar-refractivity contribution in [2.75, 3.05) is 18.0 Å². The molecule has 2 aromatic rings. The van der Waals surface area contributed by atoms with Gasteiger partial charge in [0.15, 0.2) is 0 Å². The van der Waals surface area contributed by atoms with Gasteiger partial charge in [0.25, 0.3) is 0 Å². The molecule has 0 aliphatic heterocycles. The van der Waals surface area contributed by atoms with Crippen LogP contribution in [0, 0.1) is 0 Å². The molecule has 0 atom stereocenters. The minimum atomic E-state index is -4.66. The molecule has 2 aromatic carbocycles. The highest BCUT2D eigenvalue weighted by atomic mass is 35.5. The van der Waals surface area contributed by atoms with Gasteiger partial charge in [-0.2, -0.15) is 13.2 Å². The van der Waals surface area contributed by atoms with Crippen molar-refractivity contribution in [2.24, 2.45) is 0 Å². The summed E-state index contributed by atoms with van der Waals surface area (Å²) in [6, 6.07) is 12.2. The van der Waals surface area contributed by atoms with E-state index in [1.807, 2.05) is 6.07 Å². The molecule has 8 heteroatoms. The van der Waals surface area contributed by atoms with Crippen LogP contribution in [-0.2, 0) is 22.2 Å². The average Bonchev–Trinajstić information content (AvgIpc) is 2.59. The van der Waals surface area contributed by atoms with E-state index in [2.05, 4.69) is 5.32 Å². The second-order valence-electron chi connectivity index (χ2n) is 5.84. The van der Waals surface area contributed by atoms with Crippen LogP contribution in [0.1, 0.15) is 18.1 Å². The molecule has 0 unspecified atom stereocenters. The highest BCUT2D eigenvalue weighted by Gasteiger charge is 2.35. The molecule has 4 nitrogen and oxygen atoms in total. The topological polar surface area (TPSA) is 49.4 Å². The number of nitrogens with one attached hydrogen (secondary N) is 1. The summed E-state index contributed by atoms with van der Waals surface area (Å²) in [4.78, 5) is 24.8. The van der Waals surface area contributed by atoms with E-state index in [0.29, 0.717) is 0 Å². The first-order valence-electron chi connectivity index (χ1n) is 8.14. The molecule has 144 valence electrons. The van der Waals surface area contributed by atoms with Crippen molar-refractivity contribution in [2.45, 2.75) is 19.5 Å². The molecule has 27 heavy (non-hydrogen) atoms. The van der Waals surface area contributed by atoms with Crippen molar-refractivity contribution in [3.63, 3.8) is 0 Å². The highest BCUT2D eigenvalue weighted by molar-refractivity contribution is 6.30. The third-order valence-corrected chi connectivity index (χ3v) is 4.04. The van der Waals surface area contributed by atoms with Gasteiger partial charge in [0.05, 0.1) is 17.7 Å². The van der Waals surface area contributed by atoms with E-state index in [-0.39, 0.29) is 36.1 Å². The average molecular weight is 399 g/mol. The third-order valence-electron chi connectivity index (χ3n) is 3.80. The minimum Gasteiger partial charge on any atom is -0.354 e. The van der Waals surface area contributed by atoms with Crippen LogP contribution >= 0.6 is 11.6 Å². The normalized spacial score (nSPS) is 11.1. The number of amides is 2. The van der Waals surface area contributed by atoms with E-state index in [1.54, 1.807) is 24.3 Å². The molecule has 0 saturated carbocycles. The van der Waals surface area contributed by atoms with Crippen LogP contribution in [0.3, 0.4) is 0 Å². The molecule has 0 radical (unpaired) electrons. The van der Waals surface area contributed by atoms with Crippen LogP contribution < -0.4 is 10.2 Å². The summed E-state index contributed by atoms with van der Waals surface area (Å²) in [6.07, 6.45) is -4.51. The van der Waals surface area contributed by atoms with E-state index in [0.717, 1.165) is 22.6 Å². The largest absolute Gasteiger partial charge is 0.418 e. The van der Waals surface area contributed by atoms with E-state index in [1.165, 1.54) is 13.0 Å². The predicted octanol–water partition coefficient (Wildman–Crippen LogP) is 4.07. The summed E-state index contributed by atoms with van der Waals surface area (Å²) in [5.74, 6) is -0.850. The van der Waals surface area contributed by atoms with Crippen molar-refractivity contribution in [1.29, 1.82) is 0 Å². The van der Waals surface area contributed by atoms with Crippen molar-refractivity contribution in [3.05, 3.63) is 64.7 Å². The molecule has 2 amide bonds. The summed E-state index contributed by atoms with van der Waals surface area (Å²) in [5.41, 5.74) is -0.479. The lowest BCUT2D eigenvalue weighted by atomic mass is 10.1. The van der Waals surface area contributed by atoms with Gasteiger partial charge in [-0.05, 0) is 23.8 Å². The Labute approximate surface area is 159 Å². The summed E-state index contributed by atoms with van der Waals surface area (Å²) in [5, 5.41) is 2.54. The zero-order chi connectivity index (χ0) is 20.0. The fraction of sp³-hybridized carbons (Fsp3) is 0.263. The zero-order valence-electron chi connectivity index (χ0n) is 14.5. The zero-order valence-corrected chi connectivity index (χ0v) is 15.3. The number of halogens is 4. The standard InChI is InChI=1S/C19H18ClF3N2O2/c1-13(26)25(17-8-7-15(20)12-16(17)19(21,22)23)10-9-24-18(27)11-14-5-3-2-4-6-14/h2-8,12H,9-11H2,1H3,(H,24,27).